The monoisotopic (exact) mass is 603 g/mol. The number of aryl methyl sites for hydroxylation is 1. The van der Waals surface area contributed by atoms with Gasteiger partial charge in [-0.3, -0.25) is 4.99 Å². The summed E-state index contributed by atoms with van der Waals surface area (Å²) >= 11 is 12.9. The van der Waals surface area contributed by atoms with E-state index in [0.29, 0.717) is 22.3 Å². The number of sulfonamides is 1. The van der Waals surface area contributed by atoms with Gasteiger partial charge in [0.2, 0.25) is 10.0 Å². The minimum absolute atomic E-state index is 0.0825. The number of piperidine rings is 1. The molecular formula is C30H32Cl2FN3O3S. The van der Waals surface area contributed by atoms with Crippen molar-refractivity contribution < 1.29 is 17.5 Å². The average Bonchev–Trinajstić information content (AvgIpc) is 3.24. The SMILES string of the molecule is Cc1ccc(F)cc1[C@@H]1NCC[C@@H](c2cc(Cl)ccc2OC(C)(C)CNS(C)(=O)=O)[C@@]12C=Nc1cc(Cl)ccc12. The summed E-state index contributed by atoms with van der Waals surface area (Å²) in [4.78, 5) is 4.83. The summed E-state index contributed by atoms with van der Waals surface area (Å²) in [7, 11) is -3.41. The van der Waals surface area contributed by atoms with Crippen molar-refractivity contribution in [2.45, 2.75) is 50.2 Å². The highest BCUT2D eigenvalue weighted by molar-refractivity contribution is 7.88. The Kier molecular flexibility index (Phi) is 7.78. The molecule has 0 aliphatic carbocycles. The smallest absolute Gasteiger partial charge is 0.208 e. The molecule has 0 unspecified atom stereocenters. The minimum atomic E-state index is -3.41. The van der Waals surface area contributed by atoms with Gasteiger partial charge in [0, 0.05) is 40.3 Å². The van der Waals surface area contributed by atoms with E-state index in [4.69, 9.17) is 32.9 Å². The third kappa shape index (κ3) is 5.65. The highest BCUT2D eigenvalue weighted by atomic mass is 35.5. The summed E-state index contributed by atoms with van der Waals surface area (Å²) in [5.41, 5.74) is 2.85. The third-order valence-electron chi connectivity index (χ3n) is 7.73. The number of nitrogens with one attached hydrogen (secondary N) is 2. The molecule has 2 N–H and O–H groups in total. The van der Waals surface area contributed by atoms with Crippen LogP contribution in [-0.2, 0) is 15.4 Å². The molecule has 2 heterocycles. The number of fused-ring (bicyclic) bond motifs is 2. The number of ether oxygens (including phenoxy) is 1. The van der Waals surface area contributed by atoms with Crippen LogP contribution in [0, 0.1) is 12.7 Å². The highest BCUT2D eigenvalue weighted by Gasteiger charge is 2.53. The van der Waals surface area contributed by atoms with Gasteiger partial charge in [-0.2, -0.15) is 0 Å². The van der Waals surface area contributed by atoms with Crippen molar-refractivity contribution in [3.05, 3.63) is 92.7 Å². The number of hydrogen-bond acceptors (Lipinski definition) is 5. The Morgan fingerprint density at radius 1 is 1.10 bits per heavy atom. The molecule has 2 aliphatic heterocycles. The molecule has 3 atom stereocenters. The lowest BCUT2D eigenvalue weighted by atomic mass is 9.59. The van der Waals surface area contributed by atoms with Crippen molar-refractivity contribution in [2.75, 3.05) is 19.3 Å². The van der Waals surface area contributed by atoms with Crippen molar-refractivity contribution in [2.24, 2.45) is 4.99 Å². The summed E-state index contributed by atoms with van der Waals surface area (Å²) in [6.07, 6.45) is 3.80. The first kappa shape index (κ1) is 29.0. The van der Waals surface area contributed by atoms with Gasteiger partial charge in [0.25, 0.3) is 0 Å². The van der Waals surface area contributed by atoms with E-state index < -0.39 is 21.0 Å². The molecule has 40 heavy (non-hydrogen) atoms. The maximum absolute atomic E-state index is 14.6. The quantitative estimate of drug-likeness (QED) is 0.318. The number of rotatable bonds is 7. The van der Waals surface area contributed by atoms with Gasteiger partial charge >= 0.3 is 0 Å². The zero-order chi connectivity index (χ0) is 28.9. The molecule has 3 aromatic rings. The Morgan fingerprint density at radius 3 is 2.58 bits per heavy atom. The fourth-order valence-electron chi connectivity index (χ4n) is 5.94. The summed E-state index contributed by atoms with van der Waals surface area (Å²) in [5.74, 6) is 0.124. The van der Waals surface area contributed by atoms with Crippen LogP contribution in [-0.4, -0.2) is 39.6 Å². The number of benzene rings is 3. The van der Waals surface area contributed by atoms with E-state index in [1.165, 1.54) is 6.07 Å². The Balaban J connectivity index is 1.67. The van der Waals surface area contributed by atoms with E-state index in [-0.39, 0.29) is 24.3 Å². The van der Waals surface area contributed by atoms with Gasteiger partial charge < -0.3 is 10.1 Å². The van der Waals surface area contributed by atoms with Crippen molar-refractivity contribution in [1.29, 1.82) is 0 Å². The lowest BCUT2D eigenvalue weighted by Crippen LogP contribution is -2.51. The standard InChI is InChI=1S/C30H32Cl2FN3O3S/c1-18-5-8-21(33)15-22(18)28-30(17-35-26-14-20(32)6-9-25(26)30)24(11-12-34-28)23-13-19(31)7-10-27(23)39-29(2,3)16-36-40(4,37)38/h5-10,13-15,17,24,28,34,36H,11-12,16H2,1-4H3/t24-,28-,30+/m0/s1. The number of aliphatic imine (C=N–C) groups is 1. The molecule has 0 amide bonds. The van der Waals surface area contributed by atoms with Crippen molar-refractivity contribution in [3.8, 4) is 5.75 Å². The van der Waals surface area contributed by atoms with Gasteiger partial charge in [-0.25, -0.2) is 17.5 Å². The molecule has 10 heteroatoms. The minimum Gasteiger partial charge on any atom is -0.486 e. The fourth-order valence-corrected chi connectivity index (χ4v) is 6.89. The number of hydrogen-bond donors (Lipinski definition) is 2. The Morgan fingerprint density at radius 2 is 1.82 bits per heavy atom. The molecule has 2 aliphatic rings. The van der Waals surface area contributed by atoms with Crippen LogP contribution in [0.2, 0.25) is 10.0 Å². The predicted octanol–water partition coefficient (Wildman–Crippen LogP) is 6.62. The van der Waals surface area contributed by atoms with E-state index in [1.54, 1.807) is 18.2 Å². The zero-order valence-electron chi connectivity index (χ0n) is 22.8. The van der Waals surface area contributed by atoms with Gasteiger partial charge in [-0.05, 0) is 92.9 Å². The van der Waals surface area contributed by atoms with E-state index >= 15 is 0 Å². The van der Waals surface area contributed by atoms with E-state index in [1.807, 2.05) is 57.3 Å². The fraction of sp³-hybridized carbons (Fsp3) is 0.367. The number of halogens is 3. The van der Waals surface area contributed by atoms with Crippen LogP contribution < -0.4 is 14.8 Å². The van der Waals surface area contributed by atoms with E-state index in [9.17, 15) is 12.8 Å². The van der Waals surface area contributed by atoms with Gasteiger partial charge in [0.15, 0.2) is 0 Å². The van der Waals surface area contributed by atoms with Crippen LogP contribution in [0.5, 0.6) is 5.75 Å². The predicted molar refractivity (Wildman–Crippen MR) is 160 cm³/mol. The zero-order valence-corrected chi connectivity index (χ0v) is 25.1. The second-order valence-electron chi connectivity index (χ2n) is 11.2. The molecule has 1 spiro atoms. The summed E-state index contributed by atoms with van der Waals surface area (Å²) < 4.78 is 47.2. The van der Waals surface area contributed by atoms with Crippen molar-refractivity contribution in [1.82, 2.24) is 10.0 Å². The number of nitrogens with zero attached hydrogens (tertiary/aromatic N) is 1. The Bertz CT molecular complexity index is 1600. The molecule has 3 aromatic carbocycles. The molecule has 1 saturated heterocycles. The molecule has 5 rings (SSSR count). The first-order chi connectivity index (χ1) is 18.8. The Hall–Kier alpha value is -2.49. The van der Waals surface area contributed by atoms with Crippen LogP contribution in [0.15, 0.2) is 59.6 Å². The normalized spacial score (nSPS) is 22.5. The molecule has 0 bridgehead atoms. The maximum Gasteiger partial charge on any atom is 0.208 e. The van der Waals surface area contributed by atoms with Crippen LogP contribution >= 0.6 is 23.2 Å². The average molecular weight is 605 g/mol. The van der Waals surface area contributed by atoms with Crippen LogP contribution in [0.25, 0.3) is 0 Å². The molecule has 0 saturated carbocycles. The Labute approximate surface area is 245 Å². The van der Waals surface area contributed by atoms with E-state index in [0.717, 1.165) is 40.6 Å². The van der Waals surface area contributed by atoms with Crippen molar-refractivity contribution >= 4 is 45.1 Å². The van der Waals surface area contributed by atoms with Gasteiger partial charge in [-0.15, -0.1) is 0 Å². The molecule has 0 radical (unpaired) electrons. The lowest BCUT2D eigenvalue weighted by molar-refractivity contribution is 0.111. The maximum atomic E-state index is 14.6. The molecule has 6 nitrogen and oxygen atoms in total. The van der Waals surface area contributed by atoms with Crippen LogP contribution in [0.4, 0.5) is 10.1 Å². The van der Waals surface area contributed by atoms with Gasteiger partial charge in [0.1, 0.15) is 17.2 Å². The van der Waals surface area contributed by atoms with Crippen molar-refractivity contribution in [3.63, 3.8) is 0 Å². The summed E-state index contributed by atoms with van der Waals surface area (Å²) in [6, 6.07) is 15.7. The second kappa shape index (κ2) is 10.7. The second-order valence-corrected chi connectivity index (χ2v) is 13.9. The van der Waals surface area contributed by atoms with Gasteiger partial charge in [-0.1, -0.05) is 35.3 Å². The summed E-state index contributed by atoms with van der Waals surface area (Å²) in [5, 5.41) is 4.80. The lowest BCUT2D eigenvalue weighted by Gasteiger charge is -2.48. The van der Waals surface area contributed by atoms with Crippen LogP contribution in [0.3, 0.4) is 0 Å². The first-order valence-electron chi connectivity index (χ1n) is 13.1. The molecule has 0 aromatic heterocycles. The van der Waals surface area contributed by atoms with E-state index in [2.05, 4.69) is 10.0 Å². The molecular weight excluding hydrogens is 572 g/mol. The third-order valence-corrected chi connectivity index (χ3v) is 8.86. The molecule has 1 fully saturated rings. The topological polar surface area (TPSA) is 79.8 Å². The molecule has 212 valence electrons. The van der Waals surface area contributed by atoms with Gasteiger partial charge in [0.05, 0.1) is 17.4 Å². The highest BCUT2D eigenvalue weighted by Crippen LogP contribution is 2.57. The first-order valence-corrected chi connectivity index (χ1v) is 15.7. The summed E-state index contributed by atoms with van der Waals surface area (Å²) in [6.45, 7) is 6.38. The van der Waals surface area contributed by atoms with Crippen LogP contribution in [0.1, 0.15) is 54.5 Å². The largest absolute Gasteiger partial charge is 0.486 e.